The van der Waals surface area contributed by atoms with E-state index in [4.69, 9.17) is 4.42 Å². The number of carbonyl (C=O) groups excluding carboxylic acids is 3. The van der Waals surface area contributed by atoms with Crippen LogP contribution < -0.4 is 5.32 Å². The second-order valence-electron chi connectivity index (χ2n) is 7.32. The van der Waals surface area contributed by atoms with E-state index in [1.54, 1.807) is 36.4 Å². The van der Waals surface area contributed by atoms with Gasteiger partial charge in [0.05, 0.1) is 12.7 Å². The zero-order chi connectivity index (χ0) is 24.9. The van der Waals surface area contributed by atoms with Gasteiger partial charge in [-0.1, -0.05) is 36.4 Å². The van der Waals surface area contributed by atoms with Crippen LogP contribution >= 0.6 is 12.6 Å². The van der Waals surface area contributed by atoms with Crippen molar-refractivity contribution in [2.24, 2.45) is 10.2 Å². The van der Waals surface area contributed by atoms with Crippen molar-refractivity contribution < 1.29 is 28.6 Å². The lowest BCUT2D eigenvalue weighted by atomic mass is 10.0. The quantitative estimate of drug-likeness (QED) is 0.129. The fourth-order valence-corrected chi connectivity index (χ4v) is 3.64. The maximum Gasteiger partial charge on any atom is 0.343 e. The molecule has 1 aromatic heterocycles. The molecule has 176 valence electrons. The minimum absolute atomic E-state index is 0.00804. The highest BCUT2D eigenvalue weighted by atomic mass is 32.1. The number of methoxy groups -OCH3 is 1. The van der Waals surface area contributed by atoms with Gasteiger partial charge in [-0.25, -0.2) is 4.79 Å². The minimum atomic E-state index is -0.775. The summed E-state index contributed by atoms with van der Waals surface area (Å²) in [4.78, 5) is 36.5. The summed E-state index contributed by atoms with van der Waals surface area (Å²) in [5.74, 6) is -1.43. The van der Waals surface area contributed by atoms with Crippen molar-refractivity contribution >= 4 is 58.6 Å². The molecule has 1 heterocycles. The molecule has 0 aliphatic rings. The van der Waals surface area contributed by atoms with Crippen molar-refractivity contribution in [3.8, 4) is 5.75 Å². The van der Waals surface area contributed by atoms with E-state index < -0.39 is 17.6 Å². The first-order valence-electron chi connectivity index (χ1n) is 10.3. The number of fused-ring (bicyclic) bond motifs is 1. The summed E-state index contributed by atoms with van der Waals surface area (Å²) in [6, 6.07) is 15.6. The summed E-state index contributed by atoms with van der Waals surface area (Å²) in [5.41, 5.74) is 1.20. The second-order valence-corrected chi connectivity index (χ2v) is 7.64. The lowest BCUT2D eigenvalue weighted by Gasteiger charge is -2.12. The molecule has 0 unspecified atom stereocenters. The number of furan rings is 1. The highest BCUT2D eigenvalue weighted by Crippen LogP contribution is 2.39. The Hall–Kier alpha value is -4.44. The smallest absolute Gasteiger partial charge is 0.343 e. The molecule has 10 heteroatoms. The number of phenolic OH excluding ortho intramolecular Hbond substituents is 1. The Bertz CT molecular complexity index is 1460. The maximum atomic E-state index is 13.2. The molecule has 4 aromatic rings. The molecule has 0 bridgehead atoms. The van der Waals surface area contributed by atoms with Crippen LogP contribution in [0.25, 0.3) is 10.8 Å². The molecule has 35 heavy (non-hydrogen) atoms. The number of anilines is 1. The lowest BCUT2D eigenvalue weighted by molar-refractivity contribution is 0.0600. The molecule has 3 aromatic carbocycles. The Labute approximate surface area is 204 Å². The van der Waals surface area contributed by atoms with Gasteiger partial charge in [0.1, 0.15) is 23.2 Å². The van der Waals surface area contributed by atoms with Gasteiger partial charge in [-0.05, 0) is 34.5 Å². The number of esters is 1. The summed E-state index contributed by atoms with van der Waals surface area (Å²) in [5, 5.41) is 22.8. The van der Waals surface area contributed by atoms with E-state index in [1.807, 2.05) is 12.1 Å². The van der Waals surface area contributed by atoms with E-state index in [0.717, 1.165) is 11.8 Å². The van der Waals surface area contributed by atoms with Crippen LogP contribution in [-0.4, -0.2) is 30.4 Å². The van der Waals surface area contributed by atoms with Crippen LogP contribution in [0.3, 0.4) is 0 Å². The van der Waals surface area contributed by atoms with E-state index in [-0.39, 0.29) is 28.3 Å². The predicted molar refractivity (Wildman–Crippen MR) is 132 cm³/mol. The molecular formula is C25H19N3O6S. The first-order valence-corrected chi connectivity index (χ1v) is 10.9. The van der Waals surface area contributed by atoms with Crippen molar-refractivity contribution in [1.29, 1.82) is 0 Å². The number of benzene rings is 3. The SMILES string of the molecule is COC(=O)c1coc(C=O)c1/N=N/c1cc2ccccc2c(C(=O)Nc2ccc(CS)cc2)c1O. The summed E-state index contributed by atoms with van der Waals surface area (Å²) in [7, 11) is 1.17. The number of aromatic hydroxyl groups is 1. The number of nitrogens with one attached hydrogen (secondary N) is 1. The first kappa shape index (κ1) is 23.7. The number of hydrogen-bond donors (Lipinski definition) is 3. The molecule has 0 spiro atoms. The van der Waals surface area contributed by atoms with Gasteiger partial charge in [-0.15, -0.1) is 10.2 Å². The maximum absolute atomic E-state index is 13.2. The number of hydrogen-bond acceptors (Lipinski definition) is 9. The van der Waals surface area contributed by atoms with Gasteiger partial charge < -0.3 is 19.6 Å². The minimum Gasteiger partial charge on any atom is -0.505 e. The van der Waals surface area contributed by atoms with E-state index in [1.165, 1.54) is 13.2 Å². The standard InChI is InChI=1S/C25H19N3O6S/c1-33-25(32)18-12-34-20(11-29)22(18)28-27-19-10-15-4-2-3-5-17(15)21(23(19)30)24(31)26-16-8-6-14(13-35)7-9-16/h2-12,30,35H,13H2,1H3,(H,26,31)/b28-27+. The third kappa shape index (κ3) is 4.78. The number of rotatable bonds is 7. The van der Waals surface area contributed by atoms with Gasteiger partial charge in [-0.3, -0.25) is 9.59 Å². The molecule has 0 radical (unpaired) electrons. The zero-order valence-corrected chi connectivity index (χ0v) is 19.3. The molecule has 1 amide bonds. The molecule has 2 N–H and O–H groups in total. The van der Waals surface area contributed by atoms with E-state index >= 15 is 0 Å². The average Bonchev–Trinajstić information content (AvgIpc) is 3.30. The monoisotopic (exact) mass is 489 g/mol. The van der Waals surface area contributed by atoms with Gasteiger partial charge in [0, 0.05) is 11.4 Å². The van der Waals surface area contributed by atoms with Crippen molar-refractivity contribution in [2.75, 3.05) is 12.4 Å². The van der Waals surface area contributed by atoms with Crippen LogP contribution in [0.1, 0.15) is 36.8 Å². The summed E-state index contributed by atoms with van der Waals surface area (Å²) in [6.07, 6.45) is 1.40. The number of thiol groups is 1. The van der Waals surface area contributed by atoms with Crippen LogP contribution in [0.15, 0.2) is 75.5 Å². The molecule has 0 saturated heterocycles. The van der Waals surface area contributed by atoms with Gasteiger partial charge >= 0.3 is 5.97 Å². The van der Waals surface area contributed by atoms with Gasteiger partial charge in [-0.2, -0.15) is 12.6 Å². The number of phenols is 1. The van der Waals surface area contributed by atoms with E-state index in [0.29, 0.717) is 28.5 Å². The number of ether oxygens (including phenoxy) is 1. The number of azo groups is 1. The second kappa shape index (κ2) is 10.2. The molecule has 0 aliphatic carbocycles. The normalized spacial score (nSPS) is 11.0. The molecule has 4 rings (SSSR count). The Kier molecular flexibility index (Phi) is 6.93. The number of carbonyl (C=O) groups is 3. The highest BCUT2D eigenvalue weighted by Gasteiger charge is 2.22. The largest absolute Gasteiger partial charge is 0.505 e. The summed E-state index contributed by atoms with van der Waals surface area (Å²) >= 11 is 4.22. The van der Waals surface area contributed by atoms with Crippen LogP contribution in [0.5, 0.6) is 5.75 Å². The van der Waals surface area contributed by atoms with Gasteiger partial charge in [0.2, 0.25) is 0 Å². The van der Waals surface area contributed by atoms with Crippen LogP contribution in [-0.2, 0) is 10.5 Å². The van der Waals surface area contributed by atoms with Crippen LogP contribution in [0.4, 0.5) is 17.1 Å². The summed E-state index contributed by atoms with van der Waals surface area (Å²) in [6.45, 7) is 0. The summed E-state index contributed by atoms with van der Waals surface area (Å²) < 4.78 is 9.71. The molecule has 9 nitrogen and oxygen atoms in total. The molecular weight excluding hydrogens is 470 g/mol. The molecule has 0 saturated carbocycles. The van der Waals surface area contributed by atoms with E-state index in [9.17, 15) is 19.5 Å². The number of amides is 1. The van der Waals surface area contributed by atoms with Crippen LogP contribution in [0, 0.1) is 0 Å². The Morgan fingerprint density at radius 3 is 2.57 bits per heavy atom. The molecule has 0 fully saturated rings. The van der Waals surface area contributed by atoms with Crippen molar-refractivity contribution in [3.63, 3.8) is 0 Å². The Morgan fingerprint density at radius 2 is 1.89 bits per heavy atom. The van der Waals surface area contributed by atoms with Crippen molar-refractivity contribution in [2.45, 2.75) is 5.75 Å². The third-order valence-corrected chi connectivity index (χ3v) is 5.55. The van der Waals surface area contributed by atoms with Gasteiger partial charge in [0.15, 0.2) is 17.8 Å². The highest BCUT2D eigenvalue weighted by molar-refractivity contribution is 7.79. The predicted octanol–water partition coefficient (Wildman–Crippen LogP) is 5.84. The lowest BCUT2D eigenvalue weighted by Crippen LogP contribution is -2.12. The fourth-order valence-electron chi connectivity index (χ4n) is 3.43. The van der Waals surface area contributed by atoms with Crippen LogP contribution in [0.2, 0.25) is 0 Å². The third-order valence-electron chi connectivity index (χ3n) is 5.19. The van der Waals surface area contributed by atoms with E-state index in [2.05, 4.69) is 32.9 Å². The topological polar surface area (TPSA) is 131 Å². The zero-order valence-electron chi connectivity index (χ0n) is 18.4. The molecule has 0 aliphatic heterocycles. The van der Waals surface area contributed by atoms with Gasteiger partial charge in [0.25, 0.3) is 5.91 Å². The average molecular weight is 490 g/mol. The Balaban J connectivity index is 1.78. The van der Waals surface area contributed by atoms with Crippen molar-refractivity contribution in [3.05, 3.63) is 83.3 Å². The number of nitrogens with zero attached hydrogens (tertiary/aromatic N) is 2. The van der Waals surface area contributed by atoms with Crippen molar-refractivity contribution in [1.82, 2.24) is 0 Å². The first-order chi connectivity index (χ1) is 17.0. The Morgan fingerprint density at radius 1 is 1.14 bits per heavy atom. The molecule has 0 atom stereocenters. The number of aldehydes is 1. The fraction of sp³-hybridized carbons (Fsp3) is 0.0800.